The zero-order valence-electron chi connectivity index (χ0n) is 19.0. The molecule has 2 aromatic rings. The SMILES string of the molecule is CC[C@@H](Oc1ccc(N(C)S(C)(=O)=O)cc1)C(=O)NCc1ccc(N(CC)CC)cc1. The van der Waals surface area contributed by atoms with Crippen molar-refractivity contribution >= 4 is 27.3 Å². The van der Waals surface area contributed by atoms with Crippen LogP contribution < -0.4 is 19.3 Å². The summed E-state index contributed by atoms with van der Waals surface area (Å²) in [7, 11) is -1.84. The summed E-state index contributed by atoms with van der Waals surface area (Å²) in [4.78, 5) is 14.9. The van der Waals surface area contributed by atoms with Crippen molar-refractivity contribution < 1.29 is 17.9 Å². The first-order chi connectivity index (χ1) is 14.7. The molecular weight excluding hydrogens is 414 g/mol. The third-order valence-electron chi connectivity index (χ3n) is 5.17. The average Bonchev–Trinajstić information content (AvgIpc) is 2.76. The van der Waals surface area contributed by atoms with Crippen LogP contribution in [0.15, 0.2) is 48.5 Å². The predicted molar refractivity (Wildman–Crippen MR) is 126 cm³/mol. The van der Waals surface area contributed by atoms with Gasteiger partial charge in [-0.05, 0) is 62.2 Å². The summed E-state index contributed by atoms with van der Waals surface area (Å²) in [5.41, 5.74) is 2.72. The second kappa shape index (κ2) is 11.0. The summed E-state index contributed by atoms with van der Waals surface area (Å²) in [5.74, 6) is 0.323. The number of carbonyl (C=O) groups is 1. The number of rotatable bonds is 11. The maximum Gasteiger partial charge on any atom is 0.261 e. The Morgan fingerprint density at radius 2 is 1.52 bits per heavy atom. The lowest BCUT2D eigenvalue weighted by atomic mass is 10.2. The summed E-state index contributed by atoms with van der Waals surface area (Å²) in [6, 6.07) is 14.8. The molecule has 1 atom stereocenters. The van der Waals surface area contributed by atoms with E-state index in [0.717, 1.165) is 24.9 Å². The van der Waals surface area contributed by atoms with Gasteiger partial charge in [0.25, 0.3) is 5.91 Å². The number of nitrogens with one attached hydrogen (secondary N) is 1. The normalized spacial score (nSPS) is 12.2. The van der Waals surface area contributed by atoms with Crippen molar-refractivity contribution in [3.63, 3.8) is 0 Å². The van der Waals surface area contributed by atoms with E-state index in [0.29, 0.717) is 24.4 Å². The second-order valence-corrected chi connectivity index (χ2v) is 9.31. The summed E-state index contributed by atoms with van der Waals surface area (Å²) < 4.78 is 30.3. The highest BCUT2D eigenvalue weighted by Crippen LogP contribution is 2.21. The van der Waals surface area contributed by atoms with Gasteiger partial charge in [0.2, 0.25) is 10.0 Å². The Labute approximate surface area is 186 Å². The highest BCUT2D eigenvalue weighted by molar-refractivity contribution is 7.92. The molecule has 1 N–H and O–H groups in total. The number of nitrogens with zero attached hydrogens (tertiary/aromatic N) is 2. The van der Waals surface area contributed by atoms with E-state index in [1.165, 1.54) is 17.0 Å². The molecule has 0 aliphatic heterocycles. The fourth-order valence-corrected chi connectivity index (χ4v) is 3.63. The average molecular weight is 448 g/mol. The van der Waals surface area contributed by atoms with Gasteiger partial charge >= 0.3 is 0 Å². The Kier molecular flexibility index (Phi) is 8.74. The van der Waals surface area contributed by atoms with Crippen molar-refractivity contribution in [2.45, 2.75) is 39.8 Å². The lowest BCUT2D eigenvalue weighted by Gasteiger charge is -2.21. The molecule has 2 aromatic carbocycles. The Morgan fingerprint density at radius 1 is 0.968 bits per heavy atom. The highest BCUT2D eigenvalue weighted by atomic mass is 32.2. The lowest BCUT2D eigenvalue weighted by Crippen LogP contribution is -2.37. The minimum absolute atomic E-state index is 0.187. The van der Waals surface area contributed by atoms with Crippen LogP contribution in [-0.2, 0) is 21.4 Å². The van der Waals surface area contributed by atoms with Gasteiger partial charge in [0.1, 0.15) is 5.75 Å². The molecule has 0 heterocycles. The van der Waals surface area contributed by atoms with E-state index in [-0.39, 0.29) is 5.91 Å². The summed E-state index contributed by atoms with van der Waals surface area (Å²) >= 11 is 0. The molecule has 8 heteroatoms. The van der Waals surface area contributed by atoms with Crippen LogP contribution >= 0.6 is 0 Å². The van der Waals surface area contributed by atoms with E-state index < -0.39 is 16.1 Å². The third-order valence-corrected chi connectivity index (χ3v) is 6.38. The van der Waals surface area contributed by atoms with Crippen LogP contribution in [0.4, 0.5) is 11.4 Å². The van der Waals surface area contributed by atoms with E-state index in [1.807, 2.05) is 19.1 Å². The molecule has 0 saturated heterocycles. The van der Waals surface area contributed by atoms with Crippen LogP contribution in [0.5, 0.6) is 5.75 Å². The predicted octanol–water partition coefficient (Wildman–Crippen LogP) is 3.40. The minimum Gasteiger partial charge on any atom is -0.481 e. The van der Waals surface area contributed by atoms with Gasteiger partial charge in [0, 0.05) is 32.4 Å². The van der Waals surface area contributed by atoms with Gasteiger partial charge in [-0.1, -0.05) is 19.1 Å². The number of carbonyl (C=O) groups excluding carboxylic acids is 1. The van der Waals surface area contributed by atoms with Crippen LogP contribution in [0, 0.1) is 0 Å². The van der Waals surface area contributed by atoms with Crippen molar-refractivity contribution in [3.8, 4) is 5.75 Å². The molecule has 1 amide bonds. The Balaban J connectivity index is 1.95. The number of amides is 1. The first kappa shape index (κ1) is 24.5. The van der Waals surface area contributed by atoms with Crippen LogP contribution in [-0.4, -0.2) is 46.8 Å². The maximum atomic E-state index is 12.6. The van der Waals surface area contributed by atoms with Crippen LogP contribution in [0.3, 0.4) is 0 Å². The van der Waals surface area contributed by atoms with Crippen LogP contribution in [0.1, 0.15) is 32.8 Å². The van der Waals surface area contributed by atoms with E-state index in [9.17, 15) is 13.2 Å². The van der Waals surface area contributed by atoms with E-state index in [4.69, 9.17) is 4.74 Å². The molecule has 0 radical (unpaired) electrons. The number of sulfonamides is 1. The van der Waals surface area contributed by atoms with Gasteiger partial charge in [-0.3, -0.25) is 9.10 Å². The van der Waals surface area contributed by atoms with Gasteiger partial charge in [-0.2, -0.15) is 0 Å². The number of hydrogen-bond acceptors (Lipinski definition) is 5. The van der Waals surface area contributed by atoms with Crippen LogP contribution in [0.25, 0.3) is 0 Å². The number of benzene rings is 2. The van der Waals surface area contributed by atoms with Crippen molar-refractivity contribution in [1.82, 2.24) is 5.32 Å². The Morgan fingerprint density at radius 3 is 2.00 bits per heavy atom. The van der Waals surface area contributed by atoms with Crippen LogP contribution in [0.2, 0.25) is 0 Å². The summed E-state index contributed by atoms with van der Waals surface area (Å²) in [6.07, 6.45) is 1.03. The molecule has 170 valence electrons. The largest absolute Gasteiger partial charge is 0.481 e. The van der Waals surface area contributed by atoms with Gasteiger partial charge < -0.3 is 15.0 Å². The first-order valence-electron chi connectivity index (χ1n) is 10.5. The highest BCUT2D eigenvalue weighted by Gasteiger charge is 2.19. The van der Waals surface area contributed by atoms with Gasteiger partial charge in [0.15, 0.2) is 6.10 Å². The quantitative estimate of drug-likeness (QED) is 0.571. The molecule has 31 heavy (non-hydrogen) atoms. The van der Waals surface area contributed by atoms with Crippen molar-refractivity contribution in [2.24, 2.45) is 0 Å². The van der Waals surface area contributed by atoms with Crippen molar-refractivity contribution in [2.75, 3.05) is 35.6 Å². The molecule has 0 aliphatic carbocycles. The van der Waals surface area contributed by atoms with E-state index in [1.54, 1.807) is 24.3 Å². The molecule has 0 aliphatic rings. The lowest BCUT2D eigenvalue weighted by molar-refractivity contribution is -0.128. The fourth-order valence-electron chi connectivity index (χ4n) is 3.13. The van der Waals surface area contributed by atoms with Crippen molar-refractivity contribution in [1.29, 1.82) is 0 Å². The molecule has 0 unspecified atom stereocenters. The minimum atomic E-state index is -3.33. The third kappa shape index (κ3) is 6.89. The molecule has 0 fully saturated rings. The van der Waals surface area contributed by atoms with E-state index in [2.05, 4.69) is 36.2 Å². The molecule has 0 spiro atoms. The monoisotopic (exact) mass is 447 g/mol. The van der Waals surface area contributed by atoms with Gasteiger partial charge in [0.05, 0.1) is 11.9 Å². The molecule has 0 aromatic heterocycles. The first-order valence-corrected chi connectivity index (χ1v) is 12.4. The van der Waals surface area contributed by atoms with E-state index >= 15 is 0 Å². The Bertz CT molecular complexity index is 940. The zero-order valence-corrected chi connectivity index (χ0v) is 19.8. The fraction of sp³-hybridized carbons (Fsp3) is 0.435. The Hall–Kier alpha value is -2.74. The maximum absolute atomic E-state index is 12.6. The smallest absolute Gasteiger partial charge is 0.261 e. The summed E-state index contributed by atoms with van der Waals surface area (Å²) in [5, 5.41) is 2.93. The molecular formula is C23H33N3O4S. The molecule has 7 nitrogen and oxygen atoms in total. The zero-order chi connectivity index (χ0) is 23.0. The molecule has 2 rings (SSSR count). The second-order valence-electron chi connectivity index (χ2n) is 7.30. The van der Waals surface area contributed by atoms with Gasteiger partial charge in [-0.15, -0.1) is 0 Å². The van der Waals surface area contributed by atoms with Crippen molar-refractivity contribution in [3.05, 3.63) is 54.1 Å². The topological polar surface area (TPSA) is 78.9 Å². The summed E-state index contributed by atoms with van der Waals surface area (Å²) in [6.45, 7) is 8.46. The number of anilines is 2. The standard InChI is InChI=1S/C23H33N3O4S/c1-6-22(30-21-15-13-19(14-16-21)25(4)31(5,28)29)23(27)24-17-18-9-11-20(12-10-18)26(7-2)8-3/h9-16,22H,6-8,17H2,1-5H3,(H,24,27)/t22-/m1/s1. The molecule has 0 bridgehead atoms. The van der Waals surface area contributed by atoms with Gasteiger partial charge in [-0.25, -0.2) is 8.42 Å². The number of ether oxygens (including phenoxy) is 1. The number of hydrogen-bond donors (Lipinski definition) is 1. The molecule has 0 saturated carbocycles.